The van der Waals surface area contributed by atoms with Crippen LogP contribution in [0.3, 0.4) is 0 Å². The fourth-order valence-corrected chi connectivity index (χ4v) is 1.09. The van der Waals surface area contributed by atoms with E-state index in [0.29, 0.717) is 17.9 Å². The van der Waals surface area contributed by atoms with Gasteiger partial charge in [0.05, 0.1) is 0 Å². The molecule has 1 rings (SSSR count). The third kappa shape index (κ3) is 1.59. The molecule has 10 heavy (non-hydrogen) atoms. The molecule has 2 atom stereocenters. The van der Waals surface area contributed by atoms with Crippen molar-refractivity contribution >= 4 is 5.97 Å². The molecule has 0 aliphatic heterocycles. The van der Waals surface area contributed by atoms with Gasteiger partial charge in [-0.15, -0.1) is 0 Å². The van der Waals surface area contributed by atoms with Crippen LogP contribution in [0.15, 0.2) is 12.2 Å². The van der Waals surface area contributed by atoms with E-state index >= 15 is 0 Å². The maximum atomic E-state index is 10.3. The average Bonchev–Trinajstić information content (AvgIpc) is 2.46. The molecule has 0 aromatic carbocycles. The van der Waals surface area contributed by atoms with Crippen molar-refractivity contribution in [2.75, 3.05) is 0 Å². The van der Waals surface area contributed by atoms with Crippen LogP contribution in [0.2, 0.25) is 0 Å². The first kappa shape index (κ1) is 7.32. The summed E-state index contributed by atoms with van der Waals surface area (Å²) in [6, 6.07) is 0. The third-order valence-corrected chi connectivity index (χ3v) is 2.09. The molecule has 0 radical (unpaired) electrons. The Bertz CT molecular complexity index is 172. The van der Waals surface area contributed by atoms with Gasteiger partial charge >= 0.3 is 5.97 Å². The molecule has 1 aliphatic carbocycles. The third-order valence-electron chi connectivity index (χ3n) is 2.09. The molecular formula is C8H12O2. The molecule has 56 valence electrons. The Kier molecular flexibility index (Phi) is 1.79. The molecule has 1 saturated carbocycles. The smallest absolute Gasteiger partial charge is 0.330 e. The molecule has 0 bridgehead atoms. The summed E-state index contributed by atoms with van der Waals surface area (Å²) >= 11 is 0. The Morgan fingerprint density at radius 2 is 2.30 bits per heavy atom. The summed E-state index contributed by atoms with van der Waals surface area (Å²) in [7, 11) is 0. The van der Waals surface area contributed by atoms with Crippen LogP contribution >= 0.6 is 0 Å². The van der Waals surface area contributed by atoms with E-state index in [0.717, 1.165) is 5.92 Å². The number of carbonyl (C=O) groups is 1. The van der Waals surface area contributed by atoms with Crippen molar-refractivity contribution in [3.05, 3.63) is 12.2 Å². The normalized spacial score (nSPS) is 29.7. The highest BCUT2D eigenvalue weighted by atomic mass is 16.4. The monoisotopic (exact) mass is 140 g/mol. The van der Waals surface area contributed by atoms with Gasteiger partial charge in [-0.05, 0) is 24.7 Å². The maximum absolute atomic E-state index is 10.3. The molecular weight excluding hydrogens is 128 g/mol. The van der Waals surface area contributed by atoms with Gasteiger partial charge in [0.25, 0.3) is 0 Å². The van der Waals surface area contributed by atoms with Crippen molar-refractivity contribution in [2.45, 2.75) is 19.8 Å². The minimum atomic E-state index is -0.848. The predicted octanol–water partition coefficient (Wildman–Crippen LogP) is 1.67. The van der Waals surface area contributed by atoms with Gasteiger partial charge < -0.3 is 5.11 Å². The molecule has 2 unspecified atom stereocenters. The van der Waals surface area contributed by atoms with Crippen LogP contribution in [0.5, 0.6) is 0 Å². The van der Waals surface area contributed by atoms with Crippen LogP contribution in [0.4, 0.5) is 0 Å². The van der Waals surface area contributed by atoms with Gasteiger partial charge in [-0.3, -0.25) is 0 Å². The summed E-state index contributed by atoms with van der Waals surface area (Å²) in [5, 5.41) is 8.45. The van der Waals surface area contributed by atoms with Crippen LogP contribution < -0.4 is 0 Å². The molecule has 0 spiro atoms. The molecule has 0 aromatic heterocycles. The van der Waals surface area contributed by atoms with Crippen LogP contribution in [0, 0.1) is 11.8 Å². The van der Waals surface area contributed by atoms with Crippen molar-refractivity contribution in [2.24, 2.45) is 11.8 Å². The van der Waals surface area contributed by atoms with E-state index < -0.39 is 5.97 Å². The van der Waals surface area contributed by atoms with E-state index in [1.807, 2.05) is 0 Å². The van der Waals surface area contributed by atoms with Crippen molar-refractivity contribution in [3.63, 3.8) is 0 Å². The van der Waals surface area contributed by atoms with E-state index in [1.54, 1.807) is 0 Å². The number of aliphatic carboxylic acids is 1. The Morgan fingerprint density at radius 3 is 2.60 bits per heavy atom. The fraction of sp³-hybridized carbons (Fsp3) is 0.625. The quantitative estimate of drug-likeness (QED) is 0.605. The first-order valence-electron chi connectivity index (χ1n) is 3.52. The summed E-state index contributed by atoms with van der Waals surface area (Å²) in [5.41, 5.74) is 0.356. The van der Waals surface area contributed by atoms with Gasteiger partial charge in [0.15, 0.2) is 0 Å². The number of carboxylic acids is 1. The minimum absolute atomic E-state index is 0.356. The summed E-state index contributed by atoms with van der Waals surface area (Å²) in [4.78, 5) is 10.3. The molecule has 2 nitrogen and oxygen atoms in total. The van der Waals surface area contributed by atoms with E-state index in [4.69, 9.17) is 5.11 Å². The predicted molar refractivity (Wildman–Crippen MR) is 38.7 cm³/mol. The molecule has 0 amide bonds. The van der Waals surface area contributed by atoms with Crippen LogP contribution in [0.25, 0.3) is 0 Å². The zero-order valence-electron chi connectivity index (χ0n) is 6.13. The molecule has 1 aliphatic rings. The van der Waals surface area contributed by atoms with E-state index in [1.165, 1.54) is 6.42 Å². The van der Waals surface area contributed by atoms with Crippen molar-refractivity contribution in [3.8, 4) is 0 Å². The first-order valence-corrected chi connectivity index (χ1v) is 3.52. The lowest BCUT2D eigenvalue weighted by Crippen LogP contribution is -1.99. The molecule has 1 fully saturated rings. The first-order chi connectivity index (χ1) is 4.61. The van der Waals surface area contributed by atoms with Crippen molar-refractivity contribution in [1.29, 1.82) is 0 Å². The summed E-state index contributed by atoms with van der Waals surface area (Å²) < 4.78 is 0. The molecule has 0 aromatic rings. The van der Waals surface area contributed by atoms with Crippen molar-refractivity contribution in [1.82, 2.24) is 0 Å². The summed E-state index contributed by atoms with van der Waals surface area (Å²) in [5.74, 6) is 0.471. The minimum Gasteiger partial charge on any atom is -0.478 e. The topological polar surface area (TPSA) is 37.3 Å². The van der Waals surface area contributed by atoms with E-state index in [9.17, 15) is 4.79 Å². The van der Waals surface area contributed by atoms with Gasteiger partial charge in [-0.2, -0.15) is 0 Å². The van der Waals surface area contributed by atoms with Crippen LogP contribution in [-0.4, -0.2) is 11.1 Å². The summed E-state index contributed by atoms with van der Waals surface area (Å²) in [6.07, 6.45) is 1.85. The fourth-order valence-electron chi connectivity index (χ4n) is 1.09. The summed E-state index contributed by atoms with van der Waals surface area (Å²) in [6.45, 7) is 5.61. The molecule has 1 N–H and O–H groups in total. The van der Waals surface area contributed by atoms with Crippen LogP contribution in [-0.2, 0) is 4.79 Å². The Balaban J connectivity index is 2.26. The van der Waals surface area contributed by atoms with Gasteiger partial charge in [0.2, 0.25) is 0 Å². The van der Waals surface area contributed by atoms with Gasteiger partial charge in [-0.25, -0.2) is 4.79 Å². The highest BCUT2D eigenvalue weighted by Crippen LogP contribution is 2.41. The molecule has 0 heterocycles. The Morgan fingerprint density at radius 1 is 1.80 bits per heavy atom. The SMILES string of the molecule is C=C(CC1CC1C)C(=O)O. The highest BCUT2D eigenvalue weighted by Gasteiger charge is 2.33. The average molecular weight is 140 g/mol. The van der Waals surface area contributed by atoms with Gasteiger partial charge in [0.1, 0.15) is 0 Å². The Labute approximate surface area is 60.6 Å². The van der Waals surface area contributed by atoms with Gasteiger partial charge in [-0.1, -0.05) is 13.5 Å². The second kappa shape index (κ2) is 2.45. The zero-order valence-corrected chi connectivity index (χ0v) is 6.13. The zero-order chi connectivity index (χ0) is 7.72. The second-order valence-electron chi connectivity index (χ2n) is 3.09. The lowest BCUT2D eigenvalue weighted by Gasteiger charge is -1.95. The molecule has 0 saturated heterocycles. The lowest BCUT2D eigenvalue weighted by atomic mass is 10.1. The second-order valence-corrected chi connectivity index (χ2v) is 3.09. The lowest BCUT2D eigenvalue weighted by molar-refractivity contribution is -0.132. The number of carboxylic acid groups (broad SMARTS) is 1. The number of hydrogen-bond donors (Lipinski definition) is 1. The van der Waals surface area contributed by atoms with Crippen LogP contribution in [0.1, 0.15) is 19.8 Å². The molecule has 2 heteroatoms. The van der Waals surface area contributed by atoms with E-state index in [2.05, 4.69) is 13.5 Å². The highest BCUT2D eigenvalue weighted by molar-refractivity contribution is 5.85. The Hall–Kier alpha value is -0.790. The van der Waals surface area contributed by atoms with E-state index in [-0.39, 0.29) is 0 Å². The van der Waals surface area contributed by atoms with Gasteiger partial charge in [0, 0.05) is 5.57 Å². The maximum Gasteiger partial charge on any atom is 0.330 e. The number of rotatable bonds is 3. The largest absolute Gasteiger partial charge is 0.478 e. The standard InChI is InChI=1S/C8H12O2/c1-5-3-7(5)4-6(2)8(9)10/h5,7H,2-4H2,1H3,(H,9,10). The van der Waals surface area contributed by atoms with Crippen molar-refractivity contribution < 1.29 is 9.90 Å². The number of hydrogen-bond acceptors (Lipinski definition) is 1.